The van der Waals surface area contributed by atoms with E-state index in [0.29, 0.717) is 5.02 Å². The first-order chi connectivity index (χ1) is 11.8. The fourth-order valence-corrected chi connectivity index (χ4v) is 3.07. The van der Waals surface area contributed by atoms with E-state index in [9.17, 15) is 23.3 Å². The van der Waals surface area contributed by atoms with Crippen molar-refractivity contribution in [3.63, 3.8) is 0 Å². The molecule has 0 aliphatic rings. The minimum Gasteiger partial charge on any atom is -0.326 e. The molecule has 2 aromatic carbocycles. The van der Waals surface area contributed by atoms with Crippen molar-refractivity contribution in [3.05, 3.63) is 63.7 Å². The number of carbonyl (C=O) groups excluding carboxylic acids is 1. The molecule has 0 heterocycles. The number of nitro benzene ring substituents is 1. The zero-order chi connectivity index (χ0) is 18.4. The molecule has 25 heavy (non-hydrogen) atoms. The summed E-state index contributed by atoms with van der Waals surface area (Å²) in [7, 11) is -3.74. The third kappa shape index (κ3) is 5.52. The van der Waals surface area contributed by atoms with Crippen LogP contribution in [0.15, 0.2) is 53.4 Å². The van der Waals surface area contributed by atoms with E-state index < -0.39 is 20.9 Å². The second-order valence-corrected chi connectivity index (χ2v) is 7.16. The van der Waals surface area contributed by atoms with Gasteiger partial charge >= 0.3 is 0 Å². The van der Waals surface area contributed by atoms with Gasteiger partial charge in [0, 0.05) is 35.8 Å². The zero-order valence-electron chi connectivity index (χ0n) is 12.8. The highest BCUT2D eigenvalue weighted by molar-refractivity contribution is 7.89. The van der Waals surface area contributed by atoms with Gasteiger partial charge in [-0.25, -0.2) is 13.1 Å². The molecule has 2 aromatic rings. The first kappa shape index (κ1) is 18.8. The Balaban J connectivity index is 1.89. The van der Waals surface area contributed by atoms with Crippen LogP contribution in [0.25, 0.3) is 0 Å². The molecule has 0 fully saturated rings. The Kier molecular flexibility index (Phi) is 6.07. The lowest BCUT2D eigenvalue weighted by Crippen LogP contribution is -2.27. The van der Waals surface area contributed by atoms with Crippen molar-refractivity contribution in [3.8, 4) is 0 Å². The molecule has 10 heteroatoms. The smallest absolute Gasteiger partial charge is 0.271 e. The second-order valence-electron chi connectivity index (χ2n) is 4.96. The number of hydrogen-bond acceptors (Lipinski definition) is 5. The Bertz CT molecular complexity index is 884. The van der Waals surface area contributed by atoms with Gasteiger partial charge in [-0.05, 0) is 30.3 Å². The van der Waals surface area contributed by atoms with Crippen LogP contribution in [0, 0.1) is 10.1 Å². The highest BCUT2D eigenvalue weighted by atomic mass is 35.5. The van der Waals surface area contributed by atoms with Crippen LogP contribution in [-0.2, 0) is 14.8 Å². The predicted octanol–water partition coefficient (Wildman–Crippen LogP) is 2.56. The molecule has 8 nitrogen and oxygen atoms in total. The van der Waals surface area contributed by atoms with Gasteiger partial charge in [-0.15, -0.1) is 0 Å². The van der Waals surface area contributed by atoms with Gasteiger partial charge in [-0.3, -0.25) is 14.9 Å². The third-order valence-electron chi connectivity index (χ3n) is 3.11. The van der Waals surface area contributed by atoms with Crippen LogP contribution in [-0.4, -0.2) is 25.8 Å². The number of nitro groups is 1. The van der Waals surface area contributed by atoms with Crippen molar-refractivity contribution in [2.45, 2.75) is 11.3 Å². The molecular weight excluding hydrogens is 370 g/mol. The van der Waals surface area contributed by atoms with Gasteiger partial charge in [0.05, 0.1) is 9.82 Å². The number of halogens is 1. The summed E-state index contributed by atoms with van der Waals surface area (Å²) in [4.78, 5) is 22.0. The molecule has 0 saturated carbocycles. The van der Waals surface area contributed by atoms with Crippen molar-refractivity contribution < 1.29 is 18.1 Å². The molecule has 132 valence electrons. The highest BCUT2D eigenvalue weighted by Gasteiger charge is 2.14. The van der Waals surface area contributed by atoms with E-state index in [2.05, 4.69) is 10.0 Å². The second kappa shape index (κ2) is 8.06. The Morgan fingerprint density at radius 1 is 1.16 bits per heavy atom. The monoisotopic (exact) mass is 383 g/mol. The summed E-state index contributed by atoms with van der Waals surface area (Å²) in [5, 5.41) is 13.6. The first-order valence-corrected chi connectivity index (χ1v) is 8.93. The van der Waals surface area contributed by atoms with Gasteiger partial charge < -0.3 is 5.32 Å². The van der Waals surface area contributed by atoms with Gasteiger partial charge in [0.15, 0.2) is 0 Å². The van der Waals surface area contributed by atoms with E-state index in [4.69, 9.17) is 11.6 Å². The third-order valence-corrected chi connectivity index (χ3v) is 4.84. The number of nitrogens with one attached hydrogen (secondary N) is 2. The number of benzene rings is 2. The Labute approximate surface area is 149 Å². The van der Waals surface area contributed by atoms with Crippen molar-refractivity contribution in [2.75, 3.05) is 11.9 Å². The van der Waals surface area contributed by atoms with E-state index in [1.54, 1.807) is 0 Å². The molecule has 2 rings (SSSR count). The fraction of sp³-hybridized carbons (Fsp3) is 0.133. The van der Waals surface area contributed by atoms with E-state index in [0.717, 1.165) is 0 Å². The summed E-state index contributed by atoms with van der Waals surface area (Å²) in [6.45, 7) is -0.119. The van der Waals surface area contributed by atoms with Gasteiger partial charge in [0.1, 0.15) is 0 Å². The van der Waals surface area contributed by atoms with Crippen molar-refractivity contribution >= 4 is 38.9 Å². The molecule has 0 atom stereocenters. The molecule has 0 unspecified atom stereocenters. The van der Waals surface area contributed by atoms with E-state index >= 15 is 0 Å². The van der Waals surface area contributed by atoms with Crippen LogP contribution >= 0.6 is 11.6 Å². The van der Waals surface area contributed by atoms with Crippen LogP contribution in [0.5, 0.6) is 0 Å². The van der Waals surface area contributed by atoms with E-state index in [1.807, 2.05) is 0 Å². The topological polar surface area (TPSA) is 118 Å². The molecule has 0 radical (unpaired) electrons. The number of nitrogens with zero attached hydrogens (tertiary/aromatic N) is 1. The van der Waals surface area contributed by atoms with Crippen LogP contribution < -0.4 is 10.0 Å². The molecule has 0 bridgehead atoms. The Hall–Kier alpha value is -2.49. The van der Waals surface area contributed by atoms with Gasteiger partial charge in [-0.2, -0.15) is 0 Å². The molecule has 0 aliphatic heterocycles. The number of hydrogen-bond donors (Lipinski definition) is 2. The normalized spacial score (nSPS) is 11.1. The van der Waals surface area contributed by atoms with Gasteiger partial charge in [0.2, 0.25) is 15.9 Å². The average molecular weight is 384 g/mol. The largest absolute Gasteiger partial charge is 0.326 e. The maximum Gasteiger partial charge on any atom is 0.271 e. The quantitative estimate of drug-likeness (QED) is 0.562. The number of sulfonamides is 1. The van der Waals surface area contributed by atoms with Gasteiger partial charge in [0.25, 0.3) is 5.69 Å². The zero-order valence-corrected chi connectivity index (χ0v) is 14.4. The summed E-state index contributed by atoms with van der Waals surface area (Å²) < 4.78 is 26.4. The molecule has 0 spiro atoms. The van der Waals surface area contributed by atoms with Crippen molar-refractivity contribution in [2.24, 2.45) is 0 Å². The SMILES string of the molecule is O=C(CCNS(=O)(=O)c1ccc(Cl)cc1)Nc1cccc([N+](=O)[O-])c1. The predicted molar refractivity (Wildman–Crippen MR) is 93.0 cm³/mol. The Morgan fingerprint density at radius 2 is 1.84 bits per heavy atom. The summed E-state index contributed by atoms with van der Waals surface area (Å²) >= 11 is 5.71. The molecule has 1 amide bonds. The van der Waals surface area contributed by atoms with Crippen molar-refractivity contribution in [1.82, 2.24) is 4.72 Å². The summed E-state index contributed by atoms with van der Waals surface area (Å²) in [6.07, 6.45) is -0.129. The summed E-state index contributed by atoms with van der Waals surface area (Å²) in [6, 6.07) is 11.1. The molecule has 0 aromatic heterocycles. The number of rotatable bonds is 7. The fourth-order valence-electron chi connectivity index (χ4n) is 1.92. The lowest BCUT2D eigenvalue weighted by atomic mass is 10.2. The Morgan fingerprint density at radius 3 is 2.48 bits per heavy atom. The lowest BCUT2D eigenvalue weighted by molar-refractivity contribution is -0.384. The number of amides is 1. The molecular formula is C15H14ClN3O5S. The molecule has 0 saturated heterocycles. The lowest BCUT2D eigenvalue weighted by Gasteiger charge is -2.08. The van der Waals surface area contributed by atoms with Crippen LogP contribution in [0.4, 0.5) is 11.4 Å². The van der Waals surface area contributed by atoms with Crippen LogP contribution in [0.1, 0.15) is 6.42 Å². The van der Waals surface area contributed by atoms with E-state index in [1.165, 1.54) is 48.5 Å². The van der Waals surface area contributed by atoms with Crippen LogP contribution in [0.2, 0.25) is 5.02 Å². The number of anilines is 1. The van der Waals surface area contributed by atoms with E-state index in [-0.39, 0.29) is 29.2 Å². The summed E-state index contributed by atoms with van der Waals surface area (Å²) in [5.74, 6) is -0.473. The molecule has 2 N–H and O–H groups in total. The maximum absolute atomic E-state index is 12.0. The minimum absolute atomic E-state index is 0.0380. The molecule has 0 aliphatic carbocycles. The number of non-ortho nitro benzene ring substituents is 1. The van der Waals surface area contributed by atoms with Crippen molar-refractivity contribution in [1.29, 1.82) is 0 Å². The van der Waals surface area contributed by atoms with Crippen LogP contribution in [0.3, 0.4) is 0 Å². The average Bonchev–Trinajstić information content (AvgIpc) is 2.55. The van der Waals surface area contributed by atoms with Gasteiger partial charge in [-0.1, -0.05) is 17.7 Å². The maximum atomic E-state index is 12.0. The minimum atomic E-state index is -3.74. The summed E-state index contributed by atoms with van der Waals surface area (Å²) in [5.41, 5.74) is 0.112. The highest BCUT2D eigenvalue weighted by Crippen LogP contribution is 2.17. The standard InChI is InChI=1S/C15H14ClN3O5S/c16-11-4-6-14(7-5-11)25(23,24)17-9-8-15(20)18-12-2-1-3-13(10-12)19(21)22/h1-7,10,17H,8-9H2,(H,18,20). The number of carbonyl (C=O) groups is 1. The first-order valence-electron chi connectivity index (χ1n) is 7.07.